The molecule has 0 amide bonds. The van der Waals surface area contributed by atoms with E-state index >= 15 is 0 Å². The third kappa shape index (κ3) is 6.40. The van der Waals surface area contributed by atoms with Crippen LogP contribution in [0.2, 0.25) is 0 Å². The maximum Gasteiger partial charge on any atom is 0.309 e. The maximum atomic E-state index is 14.1. The molecule has 0 radical (unpaired) electrons. The Labute approximate surface area is 199 Å². The van der Waals surface area contributed by atoms with Gasteiger partial charge in [-0.25, -0.2) is 9.37 Å². The van der Waals surface area contributed by atoms with E-state index in [-0.39, 0.29) is 41.3 Å². The summed E-state index contributed by atoms with van der Waals surface area (Å²) in [4.78, 5) is 41.2. The number of esters is 2. The first kappa shape index (κ1) is 27.0. The number of hydrogen-bond donors (Lipinski definition) is 0. The molecule has 0 aliphatic heterocycles. The minimum atomic E-state index is -0.783. The molecule has 34 heavy (non-hydrogen) atoms. The molecule has 0 saturated heterocycles. The van der Waals surface area contributed by atoms with Gasteiger partial charge in [0.1, 0.15) is 11.9 Å². The second-order valence-electron chi connectivity index (χ2n) is 8.68. The van der Waals surface area contributed by atoms with E-state index in [1.165, 1.54) is 32.4 Å². The lowest BCUT2D eigenvalue weighted by molar-refractivity contribution is -0.154. The van der Waals surface area contributed by atoms with E-state index in [1.54, 1.807) is 26.8 Å². The van der Waals surface area contributed by atoms with E-state index in [2.05, 4.69) is 4.98 Å². The first-order valence-corrected chi connectivity index (χ1v) is 11.2. The van der Waals surface area contributed by atoms with Crippen LogP contribution < -0.4 is 9.47 Å². The summed E-state index contributed by atoms with van der Waals surface area (Å²) in [5.74, 6) is -2.82. The monoisotopic (exact) mass is 473 g/mol. The van der Waals surface area contributed by atoms with Crippen LogP contribution in [0.4, 0.5) is 4.39 Å². The quantitative estimate of drug-likeness (QED) is 0.352. The molecule has 0 bridgehead atoms. The zero-order valence-electron chi connectivity index (χ0n) is 20.7. The fourth-order valence-corrected chi connectivity index (χ4v) is 4.00. The number of pyridine rings is 1. The lowest BCUT2D eigenvalue weighted by Gasteiger charge is -2.30. The highest BCUT2D eigenvalue weighted by atomic mass is 19.1. The summed E-state index contributed by atoms with van der Waals surface area (Å²) >= 11 is 0. The lowest BCUT2D eigenvalue weighted by atomic mass is 9.82. The second-order valence-corrected chi connectivity index (χ2v) is 8.68. The van der Waals surface area contributed by atoms with Gasteiger partial charge in [-0.2, -0.15) is 0 Å². The van der Waals surface area contributed by atoms with Gasteiger partial charge >= 0.3 is 11.9 Å². The molecule has 1 aromatic heterocycles. The molecule has 2 rings (SSSR count). The Morgan fingerprint density at radius 3 is 2.35 bits per heavy atom. The predicted molar refractivity (Wildman–Crippen MR) is 124 cm³/mol. The zero-order valence-corrected chi connectivity index (χ0v) is 20.7. The van der Waals surface area contributed by atoms with E-state index < -0.39 is 29.7 Å². The van der Waals surface area contributed by atoms with Gasteiger partial charge in [0.05, 0.1) is 13.0 Å². The average Bonchev–Trinajstić information content (AvgIpc) is 2.76. The van der Waals surface area contributed by atoms with E-state index in [9.17, 15) is 18.8 Å². The molecule has 2 aromatic rings. The van der Waals surface area contributed by atoms with Crippen molar-refractivity contribution in [1.82, 2.24) is 4.98 Å². The third-order valence-electron chi connectivity index (χ3n) is 5.69. The average molecular weight is 474 g/mol. The van der Waals surface area contributed by atoms with Gasteiger partial charge in [0, 0.05) is 31.5 Å². The molecular weight excluding hydrogens is 441 g/mol. The van der Waals surface area contributed by atoms with Crippen molar-refractivity contribution in [1.29, 1.82) is 0 Å². The van der Waals surface area contributed by atoms with Crippen LogP contribution in [0.1, 0.15) is 68.6 Å². The maximum absolute atomic E-state index is 14.1. The molecule has 0 aliphatic rings. The number of halogens is 1. The summed E-state index contributed by atoms with van der Waals surface area (Å²) in [6, 6.07) is 6.35. The Balaban J connectivity index is 2.17. The van der Waals surface area contributed by atoms with Crippen molar-refractivity contribution in [3.05, 3.63) is 53.1 Å². The molecule has 1 aromatic carbocycles. The minimum absolute atomic E-state index is 0.0764. The Kier molecular flexibility index (Phi) is 9.29. The number of benzene rings is 1. The highest BCUT2D eigenvalue weighted by Gasteiger charge is 2.31. The lowest BCUT2D eigenvalue weighted by Crippen LogP contribution is -2.30. The van der Waals surface area contributed by atoms with E-state index in [4.69, 9.17) is 14.2 Å². The van der Waals surface area contributed by atoms with Gasteiger partial charge in [0.2, 0.25) is 5.75 Å². The zero-order chi connectivity index (χ0) is 25.6. The number of carbonyl (C=O) groups is 3. The Morgan fingerprint density at radius 1 is 1.09 bits per heavy atom. The van der Waals surface area contributed by atoms with Crippen molar-refractivity contribution in [3.8, 4) is 11.5 Å². The van der Waals surface area contributed by atoms with Crippen molar-refractivity contribution in [2.45, 2.75) is 60.0 Å². The van der Waals surface area contributed by atoms with E-state index in [1.807, 2.05) is 19.9 Å². The van der Waals surface area contributed by atoms with Crippen molar-refractivity contribution in [2.24, 2.45) is 11.8 Å². The molecular formula is C26H32FNO6. The van der Waals surface area contributed by atoms with Crippen LogP contribution in [-0.2, 0) is 14.3 Å². The van der Waals surface area contributed by atoms with Crippen LogP contribution >= 0.6 is 0 Å². The molecule has 0 unspecified atom stereocenters. The smallest absolute Gasteiger partial charge is 0.309 e. The van der Waals surface area contributed by atoms with Gasteiger partial charge in [0.15, 0.2) is 17.2 Å². The number of Topliss-reactive ketones (excluding diaryl/α,β-unsaturated/α-hetero) is 1. The third-order valence-corrected chi connectivity index (χ3v) is 5.69. The van der Waals surface area contributed by atoms with Gasteiger partial charge in [0.25, 0.3) is 0 Å². The van der Waals surface area contributed by atoms with Crippen LogP contribution in [0.15, 0.2) is 30.5 Å². The Morgan fingerprint density at radius 2 is 1.76 bits per heavy atom. The summed E-state index contributed by atoms with van der Waals surface area (Å²) < 4.78 is 30.1. The first-order chi connectivity index (χ1) is 16.0. The fourth-order valence-electron chi connectivity index (χ4n) is 4.00. The molecule has 8 heteroatoms. The normalized spacial score (nSPS) is 13.7. The van der Waals surface area contributed by atoms with Gasteiger partial charge in [-0.05, 0) is 37.0 Å². The summed E-state index contributed by atoms with van der Waals surface area (Å²) in [6.07, 6.45) is 0.612. The van der Waals surface area contributed by atoms with E-state index in [0.29, 0.717) is 5.56 Å². The van der Waals surface area contributed by atoms with E-state index in [0.717, 1.165) is 5.56 Å². The number of ketones is 1. The number of methoxy groups -OCH3 is 1. The Bertz CT molecular complexity index is 1050. The standard InChI is InChI=1S/C26H32FNO6/c1-14(2)23(19-9-8-10-20(27)16(19)4)17(5)33-26(31)15(3)13-21(30)24-25(34-18(6)29)22(32-7)11-12-28-24/h8-12,14-15,17,23H,13H2,1-7H3/t15-,17+,23-/m1/s1. The minimum Gasteiger partial charge on any atom is -0.493 e. The van der Waals surface area contributed by atoms with Crippen molar-refractivity contribution in [3.63, 3.8) is 0 Å². The fraction of sp³-hybridized carbons (Fsp3) is 0.462. The molecule has 0 aliphatic carbocycles. The highest BCUT2D eigenvalue weighted by Crippen LogP contribution is 2.34. The van der Waals surface area contributed by atoms with Crippen LogP contribution in [0, 0.1) is 24.6 Å². The number of aromatic nitrogens is 1. The summed E-state index contributed by atoms with van der Waals surface area (Å²) in [5, 5.41) is 0. The first-order valence-electron chi connectivity index (χ1n) is 11.2. The number of nitrogens with zero attached hydrogens (tertiary/aromatic N) is 1. The molecule has 0 saturated carbocycles. The van der Waals surface area contributed by atoms with Gasteiger partial charge < -0.3 is 14.2 Å². The van der Waals surface area contributed by atoms with Gasteiger partial charge in [-0.3, -0.25) is 14.4 Å². The molecule has 0 N–H and O–H groups in total. The highest BCUT2D eigenvalue weighted by molar-refractivity contribution is 5.99. The summed E-state index contributed by atoms with van der Waals surface area (Å²) in [6.45, 7) is 10.2. The largest absolute Gasteiger partial charge is 0.493 e. The van der Waals surface area contributed by atoms with Crippen molar-refractivity contribution < 1.29 is 33.0 Å². The number of carbonyl (C=O) groups excluding carboxylic acids is 3. The van der Waals surface area contributed by atoms with Crippen molar-refractivity contribution in [2.75, 3.05) is 7.11 Å². The van der Waals surface area contributed by atoms with Crippen LogP contribution in [-0.4, -0.2) is 35.9 Å². The number of ether oxygens (including phenoxy) is 3. The van der Waals surface area contributed by atoms with Crippen LogP contribution in [0.25, 0.3) is 0 Å². The van der Waals surface area contributed by atoms with Crippen LogP contribution in [0.3, 0.4) is 0 Å². The molecule has 1 heterocycles. The Hall–Kier alpha value is -3.29. The second kappa shape index (κ2) is 11.7. The summed E-state index contributed by atoms with van der Waals surface area (Å²) in [5.41, 5.74) is 1.21. The number of rotatable bonds is 10. The number of hydrogen-bond acceptors (Lipinski definition) is 7. The van der Waals surface area contributed by atoms with Crippen LogP contribution in [0.5, 0.6) is 11.5 Å². The molecule has 3 atom stereocenters. The molecule has 0 spiro atoms. The van der Waals surface area contributed by atoms with Gasteiger partial charge in [-0.15, -0.1) is 0 Å². The molecule has 184 valence electrons. The topological polar surface area (TPSA) is 91.8 Å². The SMILES string of the molecule is COc1ccnc(C(=O)C[C@@H](C)C(=O)O[C@@H](C)[C@H](c2cccc(F)c2C)C(C)C)c1OC(C)=O. The van der Waals surface area contributed by atoms with Crippen molar-refractivity contribution >= 4 is 17.7 Å². The summed E-state index contributed by atoms with van der Waals surface area (Å²) in [7, 11) is 1.38. The van der Waals surface area contributed by atoms with Gasteiger partial charge in [-0.1, -0.05) is 32.9 Å². The molecule has 0 fully saturated rings. The predicted octanol–water partition coefficient (Wildman–Crippen LogP) is 5.04. The molecule has 7 nitrogen and oxygen atoms in total.